The van der Waals surface area contributed by atoms with E-state index < -0.39 is 0 Å². The molecule has 0 aliphatic carbocycles. The van der Waals surface area contributed by atoms with E-state index in [1.165, 1.54) is 11.1 Å². The van der Waals surface area contributed by atoms with E-state index in [9.17, 15) is 0 Å². The van der Waals surface area contributed by atoms with Crippen molar-refractivity contribution in [2.75, 3.05) is 40.8 Å². The van der Waals surface area contributed by atoms with Crippen LogP contribution in [-0.2, 0) is 13.1 Å². The van der Waals surface area contributed by atoms with Crippen LogP contribution in [0.25, 0.3) is 0 Å². The molecule has 102 valence electrons. The van der Waals surface area contributed by atoms with Crippen molar-refractivity contribution < 1.29 is 0 Å². The quantitative estimate of drug-likeness (QED) is 0.758. The van der Waals surface area contributed by atoms with E-state index in [2.05, 4.69) is 67.4 Å². The Labute approximate surface area is 112 Å². The average molecular weight is 249 g/mol. The number of hydrogen-bond acceptors (Lipinski definition) is 3. The van der Waals surface area contributed by atoms with Gasteiger partial charge in [-0.05, 0) is 38.8 Å². The molecule has 0 saturated heterocycles. The first-order chi connectivity index (χ1) is 8.63. The number of nitrogens with one attached hydrogen (secondary N) is 1. The van der Waals surface area contributed by atoms with Crippen LogP contribution >= 0.6 is 0 Å². The molecular formula is C15H27N3. The van der Waals surface area contributed by atoms with Crippen molar-refractivity contribution >= 4 is 0 Å². The molecule has 0 amide bonds. The molecular weight excluding hydrogens is 222 g/mol. The summed E-state index contributed by atoms with van der Waals surface area (Å²) in [6.07, 6.45) is 0. The number of benzene rings is 1. The zero-order valence-electron chi connectivity index (χ0n) is 12.2. The number of hydrogen-bond donors (Lipinski definition) is 1. The van der Waals surface area contributed by atoms with Crippen LogP contribution in [0.4, 0.5) is 0 Å². The van der Waals surface area contributed by atoms with Gasteiger partial charge in [0.05, 0.1) is 0 Å². The van der Waals surface area contributed by atoms with E-state index in [4.69, 9.17) is 0 Å². The number of likely N-dealkylation sites (N-methyl/N-ethyl adjacent to an activating group) is 2. The van der Waals surface area contributed by atoms with Gasteiger partial charge < -0.3 is 15.1 Å². The highest BCUT2D eigenvalue weighted by atomic mass is 15.1. The first-order valence-electron chi connectivity index (χ1n) is 6.74. The molecule has 0 radical (unpaired) electrons. The Hall–Kier alpha value is -0.900. The molecule has 0 unspecified atom stereocenters. The van der Waals surface area contributed by atoms with Gasteiger partial charge in [-0.25, -0.2) is 0 Å². The SMILES string of the molecule is CCNCc1ccccc1CN(C)CCN(C)C. The number of rotatable bonds is 8. The van der Waals surface area contributed by atoms with E-state index in [0.29, 0.717) is 0 Å². The predicted octanol–water partition coefficient (Wildman–Crippen LogP) is 1.79. The first kappa shape index (κ1) is 15.2. The normalized spacial score (nSPS) is 11.4. The summed E-state index contributed by atoms with van der Waals surface area (Å²) in [6, 6.07) is 8.71. The molecule has 1 aromatic rings. The lowest BCUT2D eigenvalue weighted by Crippen LogP contribution is -2.28. The van der Waals surface area contributed by atoms with Gasteiger partial charge in [-0.1, -0.05) is 31.2 Å². The van der Waals surface area contributed by atoms with Crippen LogP contribution < -0.4 is 5.32 Å². The van der Waals surface area contributed by atoms with Crippen LogP contribution in [0.1, 0.15) is 18.1 Å². The molecule has 0 saturated carbocycles. The summed E-state index contributed by atoms with van der Waals surface area (Å²) in [6.45, 7) is 7.36. The Morgan fingerprint density at radius 1 is 1.00 bits per heavy atom. The van der Waals surface area contributed by atoms with Crippen LogP contribution in [0.3, 0.4) is 0 Å². The third-order valence-corrected chi connectivity index (χ3v) is 3.05. The molecule has 0 aliphatic rings. The minimum atomic E-state index is 0.966. The maximum absolute atomic E-state index is 3.40. The number of nitrogens with zero attached hydrogens (tertiary/aromatic N) is 2. The van der Waals surface area contributed by atoms with Gasteiger partial charge in [-0.15, -0.1) is 0 Å². The van der Waals surface area contributed by atoms with Gasteiger partial charge in [-0.2, -0.15) is 0 Å². The molecule has 3 heteroatoms. The Kier molecular flexibility index (Phi) is 6.94. The van der Waals surface area contributed by atoms with Crippen LogP contribution in [-0.4, -0.2) is 50.6 Å². The molecule has 0 heterocycles. The summed E-state index contributed by atoms with van der Waals surface area (Å²) in [5.74, 6) is 0. The van der Waals surface area contributed by atoms with Gasteiger partial charge in [0.25, 0.3) is 0 Å². The zero-order valence-corrected chi connectivity index (χ0v) is 12.2. The molecule has 3 nitrogen and oxygen atoms in total. The van der Waals surface area contributed by atoms with E-state index in [0.717, 1.165) is 32.7 Å². The highest BCUT2D eigenvalue weighted by Crippen LogP contribution is 2.10. The first-order valence-corrected chi connectivity index (χ1v) is 6.74. The van der Waals surface area contributed by atoms with Crippen molar-refractivity contribution in [3.8, 4) is 0 Å². The summed E-state index contributed by atoms with van der Waals surface area (Å²) in [5, 5.41) is 3.40. The van der Waals surface area contributed by atoms with Gasteiger partial charge in [-0.3, -0.25) is 0 Å². The van der Waals surface area contributed by atoms with Gasteiger partial charge in [0.1, 0.15) is 0 Å². The van der Waals surface area contributed by atoms with Gasteiger partial charge in [0.2, 0.25) is 0 Å². The lowest BCUT2D eigenvalue weighted by Gasteiger charge is -2.21. The second-order valence-corrected chi connectivity index (χ2v) is 5.09. The van der Waals surface area contributed by atoms with Crippen molar-refractivity contribution in [3.05, 3.63) is 35.4 Å². The van der Waals surface area contributed by atoms with Crippen LogP contribution in [0.5, 0.6) is 0 Å². The summed E-state index contributed by atoms with van der Waals surface area (Å²) >= 11 is 0. The van der Waals surface area contributed by atoms with E-state index in [1.54, 1.807) is 0 Å². The lowest BCUT2D eigenvalue weighted by molar-refractivity contribution is 0.275. The minimum Gasteiger partial charge on any atom is -0.313 e. The second-order valence-electron chi connectivity index (χ2n) is 5.09. The Balaban J connectivity index is 2.54. The standard InChI is InChI=1S/C15H27N3/c1-5-16-12-14-8-6-7-9-15(14)13-18(4)11-10-17(2)3/h6-9,16H,5,10-13H2,1-4H3. The fourth-order valence-electron chi connectivity index (χ4n) is 1.88. The molecule has 0 fully saturated rings. The van der Waals surface area contributed by atoms with Crippen molar-refractivity contribution in [2.24, 2.45) is 0 Å². The maximum atomic E-state index is 3.40. The van der Waals surface area contributed by atoms with Crippen LogP contribution in [0.2, 0.25) is 0 Å². The monoisotopic (exact) mass is 249 g/mol. The van der Waals surface area contributed by atoms with E-state index in [-0.39, 0.29) is 0 Å². The molecule has 0 atom stereocenters. The molecule has 1 N–H and O–H groups in total. The summed E-state index contributed by atoms with van der Waals surface area (Å²) in [5.41, 5.74) is 2.84. The van der Waals surface area contributed by atoms with Crippen molar-refractivity contribution in [2.45, 2.75) is 20.0 Å². The topological polar surface area (TPSA) is 18.5 Å². The summed E-state index contributed by atoms with van der Waals surface area (Å²) < 4.78 is 0. The van der Waals surface area contributed by atoms with Crippen LogP contribution in [0, 0.1) is 0 Å². The highest BCUT2D eigenvalue weighted by molar-refractivity contribution is 5.26. The van der Waals surface area contributed by atoms with Crippen molar-refractivity contribution in [1.29, 1.82) is 0 Å². The van der Waals surface area contributed by atoms with E-state index >= 15 is 0 Å². The van der Waals surface area contributed by atoms with Crippen molar-refractivity contribution in [3.63, 3.8) is 0 Å². The van der Waals surface area contributed by atoms with Crippen LogP contribution in [0.15, 0.2) is 24.3 Å². The molecule has 0 aliphatic heterocycles. The summed E-state index contributed by atoms with van der Waals surface area (Å²) in [4.78, 5) is 4.60. The molecule has 0 bridgehead atoms. The fraction of sp³-hybridized carbons (Fsp3) is 0.600. The second kappa shape index (κ2) is 8.25. The molecule has 1 aromatic carbocycles. The molecule has 0 spiro atoms. The molecule has 0 aromatic heterocycles. The van der Waals surface area contributed by atoms with E-state index in [1.807, 2.05) is 0 Å². The minimum absolute atomic E-state index is 0.966. The molecule has 18 heavy (non-hydrogen) atoms. The third kappa shape index (κ3) is 5.63. The zero-order chi connectivity index (χ0) is 13.4. The Bertz CT molecular complexity index is 336. The van der Waals surface area contributed by atoms with Gasteiger partial charge >= 0.3 is 0 Å². The maximum Gasteiger partial charge on any atom is 0.0234 e. The van der Waals surface area contributed by atoms with Gasteiger partial charge in [0.15, 0.2) is 0 Å². The molecule has 1 rings (SSSR count). The smallest absolute Gasteiger partial charge is 0.0234 e. The highest BCUT2D eigenvalue weighted by Gasteiger charge is 2.05. The largest absolute Gasteiger partial charge is 0.313 e. The Morgan fingerprint density at radius 3 is 2.28 bits per heavy atom. The lowest BCUT2D eigenvalue weighted by atomic mass is 10.1. The third-order valence-electron chi connectivity index (χ3n) is 3.05. The fourth-order valence-corrected chi connectivity index (χ4v) is 1.88. The predicted molar refractivity (Wildman–Crippen MR) is 78.7 cm³/mol. The van der Waals surface area contributed by atoms with Gasteiger partial charge in [0, 0.05) is 26.2 Å². The summed E-state index contributed by atoms with van der Waals surface area (Å²) in [7, 11) is 6.42. The average Bonchev–Trinajstić information content (AvgIpc) is 2.35. The Morgan fingerprint density at radius 2 is 1.67 bits per heavy atom. The van der Waals surface area contributed by atoms with Crippen molar-refractivity contribution in [1.82, 2.24) is 15.1 Å².